The van der Waals surface area contributed by atoms with Crippen LogP contribution in [0.25, 0.3) is 0 Å². The van der Waals surface area contributed by atoms with Crippen LogP contribution in [0.2, 0.25) is 5.02 Å². The summed E-state index contributed by atoms with van der Waals surface area (Å²) in [5.74, 6) is -1.25. The third-order valence-corrected chi connectivity index (χ3v) is 3.35. The van der Waals surface area contributed by atoms with Crippen LogP contribution in [0, 0.1) is 15.9 Å². The molecule has 24 heavy (non-hydrogen) atoms. The van der Waals surface area contributed by atoms with Gasteiger partial charge in [-0.25, -0.2) is 4.39 Å². The van der Waals surface area contributed by atoms with E-state index in [1.807, 2.05) is 0 Å². The number of carbonyl (C=O) groups excluding carboxylic acids is 1. The van der Waals surface area contributed by atoms with Crippen LogP contribution in [0.15, 0.2) is 42.5 Å². The molecule has 10 heteroatoms. The van der Waals surface area contributed by atoms with E-state index in [1.54, 1.807) is 6.07 Å². The third-order valence-electron chi connectivity index (χ3n) is 2.82. The summed E-state index contributed by atoms with van der Waals surface area (Å²) in [5, 5.41) is 13.2. The van der Waals surface area contributed by atoms with Gasteiger partial charge in [0.05, 0.1) is 21.2 Å². The van der Waals surface area contributed by atoms with Crippen molar-refractivity contribution in [3.63, 3.8) is 0 Å². The highest BCUT2D eigenvalue weighted by Crippen LogP contribution is 2.21. The minimum Gasteiger partial charge on any atom is -0.329 e. The standard InChI is InChI=1S/C14H10ClFN4O3S/c15-10-6-5-8(20(22)23)7-9(10)13(21)18-19-14(24)17-12-4-2-1-3-11(12)16/h1-7H,(H,18,21)(H2,17,19,24). The summed E-state index contributed by atoms with van der Waals surface area (Å²) in [6.45, 7) is 0. The Morgan fingerprint density at radius 2 is 1.92 bits per heavy atom. The fraction of sp³-hybridized carbons (Fsp3) is 0. The fourth-order valence-electron chi connectivity index (χ4n) is 1.70. The topological polar surface area (TPSA) is 96.3 Å². The number of para-hydroxylation sites is 1. The van der Waals surface area contributed by atoms with Gasteiger partial charge in [-0.3, -0.25) is 25.8 Å². The molecule has 0 aliphatic carbocycles. The molecule has 0 unspecified atom stereocenters. The molecule has 2 aromatic carbocycles. The van der Waals surface area contributed by atoms with Crippen molar-refractivity contribution < 1.29 is 14.1 Å². The van der Waals surface area contributed by atoms with Gasteiger partial charge in [0.2, 0.25) is 0 Å². The number of non-ortho nitro benzene ring substituents is 1. The lowest BCUT2D eigenvalue weighted by molar-refractivity contribution is -0.384. The summed E-state index contributed by atoms with van der Waals surface area (Å²) >= 11 is 10.8. The van der Waals surface area contributed by atoms with Gasteiger partial charge in [0.25, 0.3) is 11.6 Å². The largest absolute Gasteiger partial charge is 0.329 e. The summed E-state index contributed by atoms with van der Waals surface area (Å²) in [7, 11) is 0. The Labute approximate surface area is 145 Å². The molecule has 7 nitrogen and oxygen atoms in total. The van der Waals surface area contributed by atoms with E-state index in [0.29, 0.717) is 0 Å². The molecule has 0 atom stereocenters. The first kappa shape index (κ1) is 17.6. The molecular formula is C14H10ClFN4O3S. The van der Waals surface area contributed by atoms with Crippen molar-refractivity contribution in [2.75, 3.05) is 5.32 Å². The molecule has 0 spiro atoms. The lowest BCUT2D eigenvalue weighted by atomic mass is 10.2. The monoisotopic (exact) mass is 368 g/mol. The number of amides is 1. The van der Waals surface area contributed by atoms with Crippen LogP contribution in [0.3, 0.4) is 0 Å². The number of rotatable bonds is 3. The van der Waals surface area contributed by atoms with Gasteiger partial charge in [0.1, 0.15) is 5.82 Å². The first-order valence-electron chi connectivity index (χ1n) is 6.44. The van der Waals surface area contributed by atoms with E-state index in [4.69, 9.17) is 23.8 Å². The number of benzene rings is 2. The number of hydrazine groups is 1. The predicted molar refractivity (Wildman–Crippen MR) is 91.3 cm³/mol. The quantitative estimate of drug-likeness (QED) is 0.438. The first-order chi connectivity index (χ1) is 11.4. The molecule has 3 N–H and O–H groups in total. The first-order valence-corrected chi connectivity index (χ1v) is 7.23. The molecule has 0 saturated heterocycles. The summed E-state index contributed by atoms with van der Waals surface area (Å²) < 4.78 is 13.5. The van der Waals surface area contributed by atoms with E-state index in [2.05, 4.69) is 16.2 Å². The Hall–Kier alpha value is -2.78. The third kappa shape index (κ3) is 4.37. The van der Waals surface area contributed by atoms with Crippen LogP contribution in [-0.4, -0.2) is 15.9 Å². The number of nitro groups is 1. The van der Waals surface area contributed by atoms with Gasteiger partial charge in [0, 0.05) is 12.1 Å². The van der Waals surface area contributed by atoms with Crippen molar-refractivity contribution in [1.29, 1.82) is 0 Å². The Morgan fingerprint density at radius 3 is 2.58 bits per heavy atom. The van der Waals surface area contributed by atoms with Crippen molar-refractivity contribution in [3.8, 4) is 0 Å². The normalized spacial score (nSPS) is 9.92. The van der Waals surface area contributed by atoms with E-state index >= 15 is 0 Å². The Morgan fingerprint density at radius 1 is 1.21 bits per heavy atom. The molecule has 2 rings (SSSR count). The SMILES string of the molecule is O=C(NNC(=S)Nc1ccccc1F)c1cc([N+](=O)[O-])ccc1Cl. The second-order valence-corrected chi connectivity index (χ2v) is 5.25. The van der Waals surface area contributed by atoms with Crippen molar-refractivity contribution in [1.82, 2.24) is 10.9 Å². The average Bonchev–Trinajstić information content (AvgIpc) is 2.55. The van der Waals surface area contributed by atoms with Crippen molar-refractivity contribution >= 4 is 46.2 Å². The maximum absolute atomic E-state index is 13.5. The molecule has 0 aromatic heterocycles. The molecule has 0 aliphatic heterocycles. The highest BCUT2D eigenvalue weighted by atomic mass is 35.5. The lowest BCUT2D eigenvalue weighted by Gasteiger charge is -2.12. The number of nitrogens with one attached hydrogen (secondary N) is 3. The second-order valence-electron chi connectivity index (χ2n) is 4.43. The minimum absolute atomic E-state index is 0.0351. The maximum Gasteiger partial charge on any atom is 0.271 e. The predicted octanol–water partition coefficient (Wildman–Crippen LogP) is 3.02. The van der Waals surface area contributed by atoms with Crippen LogP contribution in [0.1, 0.15) is 10.4 Å². The van der Waals surface area contributed by atoms with Gasteiger partial charge in [-0.15, -0.1) is 0 Å². The highest BCUT2D eigenvalue weighted by Gasteiger charge is 2.16. The molecule has 0 radical (unpaired) electrons. The molecule has 0 fully saturated rings. The lowest BCUT2D eigenvalue weighted by Crippen LogP contribution is -2.44. The van der Waals surface area contributed by atoms with Crippen molar-refractivity contribution in [3.05, 3.63) is 69.0 Å². The molecular weight excluding hydrogens is 359 g/mol. The second kappa shape index (κ2) is 7.66. The number of nitrogens with zero attached hydrogens (tertiary/aromatic N) is 1. The van der Waals surface area contributed by atoms with E-state index in [0.717, 1.165) is 6.07 Å². The Kier molecular flexibility index (Phi) is 5.61. The summed E-state index contributed by atoms with van der Waals surface area (Å²) in [5.41, 5.74) is 4.32. The number of hydrogen-bond acceptors (Lipinski definition) is 4. The molecule has 2 aromatic rings. The van der Waals surface area contributed by atoms with Gasteiger partial charge in [-0.05, 0) is 30.4 Å². The zero-order valence-corrected chi connectivity index (χ0v) is 13.5. The number of halogens is 2. The molecule has 0 heterocycles. The van der Waals surface area contributed by atoms with Gasteiger partial charge < -0.3 is 5.32 Å². The van der Waals surface area contributed by atoms with E-state index in [-0.39, 0.29) is 27.1 Å². The van der Waals surface area contributed by atoms with Gasteiger partial charge >= 0.3 is 0 Å². The highest BCUT2D eigenvalue weighted by molar-refractivity contribution is 7.80. The number of carbonyl (C=O) groups is 1. The zero-order valence-electron chi connectivity index (χ0n) is 11.9. The average molecular weight is 369 g/mol. The van der Waals surface area contributed by atoms with E-state index < -0.39 is 16.6 Å². The molecule has 0 aliphatic rings. The Bertz CT molecular complexity index is 818. The van der Waals surface area contributed by atoms with Gasteiger partial charge in [-0.1, -0.05) is 23.7 Å². The molecule has 0 saturated carbocycles. The number of nitro benzene ring substituents is 1. The van der Waals surface area contributed by atoms with Crippen molar-refractivity contribution in [2.45, 2.75) is 0 Å². The molecule has 0 bridgehead atoms. The number of thiocarbonyl (C=S) groups is 1. The van der Waals surface area contributed by atoms with E-state index in [1.165, 1.54) is 30.3 Å². The van der Waals surface area contributed by atoms with Crippen LogP contribution in [0.4, 0.5) is 15.8 Å². The van der Waals surface area contributed by atoms with Gasteiger partial charge in [-0.2, -0.15) is 0 Å². The zero-order chi connectivity index (χ0) is 17.7. The summed E-state index contributed by atoms with van der Waals surface area (Å²) in [6.07, 6.45) is 0. The van der Waals surface area contributed by atoms with Crippen LogP contribution >= 0.6 is 23.8 Å². The summed E-state index contributed by atoms with van der Waals surface area (Å²) in [6, 6.07) is 9.28. The fourth-order valence-corrected chi connectivity index (χ4v) is 2.06. The van der Waals surface area contributed by atoms with Crippen LogP contribution < -0.4 is 16.2 Å². The number of hydrogen-bond donors (Lipinski definition) is 3. The smallest absolute Gasteiger partial charge is 0.271 e. The number of anilines is 1. The summed E-state index contributed by atoms with van der Waals surface area (Å²) in [4.78, 5) is 22.1. The maximum atomic E-state index is 13.5. The van der Waals surface area contributed by atoms with Crippen LogP contribution in [-0.2, 0) is 0 Å². The molecule has 124 valence electrons. The van der Waals surface area contributed by atoms with E-state index in [9.17, 15) is 19.3 Å². The minimum atomic E-state index is -0.735. The Balaban J connectivity index is 2.00. The van der Waals surface area contributed by atoms with Crippen LogP contribution in [0.5, 0.6) is 0 Å². The van der Waals surface area contributed by atoms with Crippen molar-refractivity contribution in [2.24, 2.45) is 0 Å². The molecule has 1 amide bonds. The van der Waals surface area contributed by atoms with Gasteiger partial charge in [0.15, 0.2) is 5.11 Å².